The highest BCUT2D eigenvalue weighted by molar-refractivity contribution is 6.15. The summed E-state index contributed by atoms with van der Waals surface area (Å²) in [6, 6.07) is 6.64. The lowest BCUT2D eigenvalue weighted by Gasteiger charge is -2.07. The molecule has 0 amide bonds. The van der Waals surface area contributed by atoms with Crippen LogP contribution in [0.2, 0.25) is 0 Å². The van der Waals surface area contributed by atoms with Crippen molar-refractivity contribution >= 4 is 11.8 Å². The van der Waals surface area contributed by atoms with Gasteiger partial charge >= 0.3 is 5.97 Å². The number of hydrogen-bond donors (Lipinski definition) is 0. The number of rotatable bonds is 4. The van der Waals surface area contributed by atoms with Crippen molar-refractivity contribution in [2.75, 3.05) is 7.11 Å². The summed E-state index contributed by atoms with van der Waals surface area (Å²) < 4.78 is 4.67. The van der Waals surface area contributed by atoms with Crippen LogP contribution >= 0.6 is 0 Å². The Bertz CT molecular complexity index is 510. The van der Waals surface area contributed by atoms with Gasteiger partial charge < -0.3 is 4.74 Å². The van der Waals surface area contributed by atoms with Gasteiger partial charge in [0.05, 0.1) is 12.7 Å². The van der Waals surface area contributed by atoms with Crippen molar-refractivity contribution < 1.29 is 14.3 Å². The van der Waals surface area contributed by atoms with Crippen LogP contribution in [0.25, 0.3) is 0 Å². The molecular weight excluding hydrogens is 228 g/mol. The Labute approximate surface area is 107 Å². The number of ether oxygens (including phenoxy) is 1. The van der Waals surface area contributed by atoms with Gasteiger partial charge in [-0.1, -0.05) is 36.4 Å². The van der Waals surface area contributed by atoms with Gasteiger partial charge in [0.1, 0.15) is 0 Å². The summed E-state index contributed by atoms with van der Waals surface area (Å²) in [6.07, 6.45) is 5.22. The lowest BCUT2D eigenvalue weighted by molar-refractivity contribution is 0.0597. The number of carbonyl (C=O) groups is 2. The van der Waals surface area contributed by atoms with E-state index >= 15 is 0 Å². The number of methoxy groups -OCH3 is 1. The van der Waals surface area contributed by atoms with Crippen molar-refractivity contribution in [2.45, 2.75) is 13.8 Å². The number of allylic oxidation sites excluding steroid dienone is 4. The molecule has 0 spiro atoms. The Morgan fingerprint density at radius 1 is 1.11 bits per heavy atom. The molecule has 0 bridgehead atoms. The fourth-order valence-corrected chi connectivity index (χ4v) is 1.61. The molecule has 0 saturated carbocycles. The maximum atomic E-state index is 12.3. The summed E-state index contributed by atoms with van der Waals surface area (Å²) in [5.74, 6) is -0.688. The number of hydrogen-bond acceptors (Lipinski definition) is 3. The van der Waals surface area contributed by atoms with Crippen LogP contribution in [0.15, 0.2) is 48.1 Å². The van der Waals surface area contributed by atoms with Crippen molar-refractivity contribution in [3.63, 3.8) is 0 Å². The summed E-state index contributed by atoms with van der Waals surface area (Å²) in [5, 5.41) is 0. The Balaban J connectivity index is 3.25. The Morgan fingerprint density at radius 2 is 1.72 bits per heavy atom. The third-order valence-electron chi connectivity index (χ3n) is 2.50. The van der Waals surface area contributed by atoms with E-state index < -0.39 is 5.97 Å². The molecule has 1 aromatic rings. The lowest BCUT2D eigenvalue weighted by atomic mass is 9.98. The summed E-state index contributed by atoms with van der Waals surface area (Å²) in [4.78, 5) is 23.9. The van der Waals surface area contributed by atoms with Crippen molar-refractivity contribution in [2.24, 2.45) is 0 Å². The van der Waals surface area contributed by atoms with E-state index in [0.717, 1.165) is 0 Å². The van der Waals surface area contributed by atoms with Gasteiger partial charge in [-0.05, 0) is 19.9 Å². The molecule has 1 rings (SSSR count). The zero-order valence-corrected chi connectivity index (χ0v) is 10.8. The van der Waals surface area contributed by atoms with Crippen LogP contribution in [0.3, 0.4) is 0 Å². The zero-order chi connectivity index (χ0) is 13.5. The van der Waals surface area contributed by atoms with Crippen LogP contribution in [0.1, 0.15) is 34.6 Å². The van der Waals surface area contributed by atoms with Crippen LogP contribution in [-0.4, -0.2) is 18.9 Å². The van der Waals surface area contributed by atoms with Crippen molar-refractivity contribution in [1.82, 2.24) is 0 Å². The maximum Gasteiger partial charge on any atom is 0.338 e. The van der Waals surface area contributed by atoms with E-state index in [1.165, 1.54) is 7.11 Å². The average Bonchev–Trinajstić information content (AvgIpc) is 2.43. The van der Waals surface area contributed by atoms with Crippen molar-refractivity contribution in [3.8, 4) is 0 Å². The third kappa shape index (κ3) is 2.94. The first-order valence-corrected chi connectivity index (χ1v) is 5.66. The molecule has 0 saturated heterocycles. The highest BCUT2D eigenvalue weighted by Gasteiger charge is 2.18. The molecule has 0 heterocycles. The molecule has 0 atom stereocenters. The number of ketones is 1. The normalized spacial score (nSPS) is 11.6. The fourth-order valence-electron chi connectivity index (χ4n) is 1.61. The van der Waals surface area contributed by atoms with Gasteiger partial charge in [0.15, 0.2) is 5.78 Å². The van der Waals surface area contributed by atoms with Gasteiger partial charge in [-0.3, -0.25) is 4.79 Å². The molecule has 0 fully saturated rings. The van der Waals surface area contributed by atoms with E-state index in [0.29, 0.717) is 11.1 Å². The standard InChI is InChI=1S/C15H16O3/c1-4-8-11(5-2)14(16)12-9-6-7-10-13(12)15(17)18-3/h4-10H,1-3H3/b8-4-,11-5+. The van der Waals surface area contributed by atoms with Gasteiger partial charge in [0.2, 0.25) is 0 Å². The Kier molecular flexibility index (Phi) is 5.06. The van der Waals surface area contributed by atoms with Gasteiger partial charge in [0, 0.05) is 11.1 Å². The van der Waals surface area contributed by atoms with Gasteiger partial charge in [-0.2, -0.15) is 0 Å². The second-order valence-corrected chi connectivity index (χ2v) is 3.61. The van der Waals surface area contributed by atoms with Crippen LogP contribution < -0.4 is 0 Å². The van der Waals surface area contributed by atoms with Gasteiger partial charge in [-0.25, -0.2) is 4.79 Å². The zero-order valence-electron chi connectivity index (χ0n) is 10.8. The van der Waals surface area contributed by atoms with E-state index in [1.54, 1.807) is 49.4 Å². The first-order chi connectivity index (χ1) is 8.65. The fraction of sp³-hybridized carbons (Fsp3) is 0.200. The summed E-state index contributed by atoms with van der Waals surface area (Å²) in [5.41, 5.74) is 1.19. The molecule has 18 heavy (non-hydrogen) atoms. The summed E-state index contributed by atoms with van der Waals surface area (Å²) in [6.45, 7) is 3.62. The largest absolute Gasteiger partial charge is 0.465 e. The van der Waals surface area contributed by atoms with Crippen molar-refractivity contribution in [1.29, 1.82) is 0 Å². The smallest absolute Gasteiger partial charge is 0.338 e. The number of carbonyl (C=O) groups excluding carboxylic acids is 2. The van der Waals surface area contributed by atoms with E-state index in [1.807, 2.05) is 6.92 Å². The molecule has 0 unspecified atom stereocenters. The van der Waals surface area contributed by atoms with E-state index in [2.05, 4.69) is 4.74 Å². The molecule has 0 aliphatic carbocycles. The van der Waals surface area contributed by atoms with Crippen LogP contribution in [0, 0.1) is 0 Å². The van der Waals surface area contributed by atoms with E-state index in [4.69, 9.17) is 0 Å². The lowest BCUT2D eigenvalue weighted by Crippen LogP contribution is -2.11. The van der Waals surface area contributed by atoms with E-state index in [-0.39, 0.29) is 11.3 Å². The monoisotopic (exact) mass is 244 g/mol. The van der Waals surface area contributed by atoms with Crippen LogP contribution in [0.5, 0.6) is 0 Å². The molecule has 1 aromatic carbocycles. The Hall–Kier alpha value is -2.16. The molecular formula is C15H16O3. The minimum absolute atomic E-state index is 0.184. The summed E-state index contributed by atoms with van der Waals surface area (Å²) in [7, 11) is 1.30. The highest BCUT2D eigenvalue weighted by atomic mass is 16.5. The molecule has 0 radical (unpaired) electrons. The molecule has 0 aliphatic heterocycles. The van der Waals surface area contributed by atoms with Gasteiger partial charge in [0.25, 0.3) is 0 Å². The topological polar surface area (TPSA) is 43.4 Å². The molecule has 3 nitrogen and oxygen atoms in total. The molecule has 3 heteroatoms. The highest BCUT2D eigenvalue weighted by Crippen LogP contribution is 2.16. The first-order valence-electron chi connectivity index (χ1n) is 5.66. The van der Waals surface area contributed by atoms with Gasteiger partial charge in [-0.15, -0.1) is 0 Å². The number of esters is 1. The minimum Gasteiger partial charge on any atom is -0.465 e. The second-order valence-electron chi connectivity index (χ2n) is 3.61. The maximum absolute atomic E-state index is 12.3. The minimum atomic E-state index is -0.505. The molecule has 94 valence electrons. The third-order valence-corrected chi connectivity index (χ3v) is 2.50. The molecule has 0 aliphatic rings. The average molecular weight is 244 g/mol. The first kappa shape index (κ1) is 13.9. The summed E-state index contributed by atoms with van der Waals surface area (Å²) >= 11 is 0. The quantitative estimate of drug-likeness (QED) is 0.353. The number of benzene rings is 1. The SMILES string of the molecule is C/C=C\C(=C/C)C(=O)c1ccccc1C(=O)OC. The molecule has 0 aromatic heterocycles. The Morgan fingerprint density at radius 3 is 2.22 bits per heavy atom. The van der Waals surface area contributed by atoms with Crippen molar-refractivity contribution in [3.05, 3.63) is 59.2 Å². The predicted octanol–water partition coefficient (Wildman–Crippen LogP) is 3.18. The van der Waals surface area contributed by atoms with Crippen LogP contribution in [-0.2, 0) is 4.74 Å². The molecule has 0 N–H and O–H groups in total. The van der Waals surface area contributed by atoms with E-state index in [9.17, 15) is 9.59 Å². The number of Topliss-reactive ketones (excluding diaryl/α,β-unsaturated/α-hetero) is 1. The second kappa shape index (κ2) is 6.55. The van der Waals surface area contributed by atoms with Crippen LogP contribution in [0.4, 0.5) is 0 Å². The predicted molar refractivity (Wildman–Crippen MR) is 70.7 cm³/mol.